The second-order valence-corrected chi connectivity index (χ2v) is 8.11. The summed E-state index contributed by atoms with van der Waals surface area (Å²) < 4.78 is 7.23. The van der Waals surface area contributed by atoms with Crippen molar-refractivity contribution in [3.05, 3.63) is 87.3 Å². The average Bonchev–Trinajstić information content (AvgIpc) is 2.75. The van der Waals surface area contributed by atoms with E-state index in [-0.39, 0.29) is 18.4 Å². The first-order chi connectivity index (χ1) is 14.5. The lowest BCUT2D eigenvalue weighted by atomic mass is 10.1. The quantitative estimate of drug-likeness (QED) is 0.413. The minimum atomic E-state index is -0.354. The zero-order valence-corrected chi connectivity index (χ0v) is 19.4. The predicted octanol–water partition coefficient (Wildman–Crippen LogP) is 5.90. The van der Waals surface area contributed by atoms with Crippen LogP contribution in [-0.4, -0.2) is 25.0 Å². The Bertz CT molecular complexity index is 1040. The van der Waals surface area contributed by atoms with Crippen LogP contribution in [0.25, 0.3) is 0 Å². The van der Waals surface area contributed by atoms with Gasteiger partial charge in [-0.1, -0.05) is 46.3 Å². The van der Waals surface area contributed by atoms with E-state index in [1.807, 2.05) is 49.4 Å². The van der Waals surface area contributed by atoms with Gasteiger partial charge in [-0.05, 0) is 65.3 Å². The highest BCUT2D eigenvalue weighted by atomic mass is 79.9. The minimum absolute atomic E-state index is 0.182. The summed E-state index contributed by atoms with van der Waals surface area (Å²) in [5, 5.41) is 2.79. The van der Waals surface area contributed by atoms with E-state index in [9.17, 15) is 9.59 Å². The van der Waals surface area contributed by atoms with Crippen molar-refractivity contribution in [1.82, 2.24) is 0 Å². The number of carbonyl (C=O) groups is 2. The zero-order chi connectivity index (χ0) is 21.5. The summed E-state index contributed by atoms with van der Waals surface area (Å²) in [5.41, 5.74) is 1.66. The molecule has 0 aliphatic rings. The first kappa shape index (κ1) is 22.1. The third-order valence-corrected chi connectivity index (χ3v) is 5.43. The molecule has 3 aromatic rings. The Morgan fingerprint density at radius 3 is 2.37 bits per heavy atom. The average molecular weight is 532 g/mol. The maximum absolute atomic E-state index is 13.2. The molecule has 0 spiro atoms. The molecule has 0 aliphatic heterocycles. The van der Waals surface area contributed by atoms with E-state index < -0.39 is 0 Å². The molecular formula is C23H20Br2N2O3. The molecule has 0 atom stereocenters. The lowest BCUT2D eigenvalue weighted by Gasteiger charge is -2.22. The van der Waals surface area contributed by atoms with Crippen molar-refractivity contribution in [3.8, 4) is 5.75 Å². The van der Waals surface area contributed by atoms with Gasteiger partial charge >= 0.3 is 0 Å². The van der Waals surface area contributed by atoms with Crippen LogP contribution in [0.4, 0.5) is 11.4 Å². The number of amides is 2. The molecule has 2 amide bonds. The second kappa shape index (κ2) is 10.4. The van der Waals surface area contributed by atoms with Crippen molar-refractivity contribution in [2.45, 2.75) is 6.92 Å². The third-order valence-electron chi connectivity index (χ3n) is 4.31. The smallest absolute Gasteiger partial charge is 0.262 e. The van der Waals surface area contributed by atoms with Gasteiger partial charge in [0.05, 0.1) is 15.7 Å². The summed E-state index contributed by atoms with van der Waals surface area (Å²) >= 11 is 6.78. The molecule has 5 nitrogen and oxygen atoms in total. The fraction of sp³-hybridized carbons (Fsp3) is 0.130. The molecule has 30 heavy (non-hydrogen) atoms. The van der Waals surface area contributed by atoms with E-state index in [2.05, 4.69) is 37.2 Å². The lowest BCUT2D eigenvalue weighted by molar-refractivity contribution is -0.118. The van der Waals surface area contributed by atoms with Crippen molar-refractivity contribution in [1.29, 1.82) is 0 Å². The molecule has 0 fully saturated rings. The van der Waals surface area contributed by atoms with Gasteiger partial charge in [0.2, 0.25) is 0 Å². The SMILES string of the molecule is CCN(C(=O)c1ccccc1NC(=O)COc1ccc(Br)cc1Br)c1ccccc1. The number of para-hydroxylation sites is 2. The zero-order valence-electron chi connectivity index (χ0n) is 16.3. The van der Waals surface area contributed by atoms with Crippen LogP contribution in [0.15, 0.2) is 81.7 Å². The molecule has 0 aliphatic carbocycles. The van der Waals surface area contributed by atoms with Gasteiger partial charge in [-0.15, -0.1) is 0 Å². The van der Waals surface area contributed by atoms with Crippen molar-refractivity contribution < 1.29 is 14.3 Å². The number of nitrogens with one attached hydrogen (secondary N) is 1. The molecular weight excluding hydrogens is 512 g/mol. The molecule has 7 heteroatoms. The van der Waals surface area contributed by atoms with Crippen LogP contribution in [0.2, 0.25) is 0 Å². The van der Waals surface area contributed by atoms with Gasteiger partial charge in [0, 0.05) is 16.7 Å². The number of rotatable bonds is 7. The topological polar surface area (TPSA) is 58.6 Å². The number of anilines is 2. The Hall–Kier alpha value is -2.64. The van der Waals surface area contributed by atoms with E-state index >= 15 is 0 Å². The van der Waals surface area contributed by atoms with Gasteiger partial charge in [-0.2, -0.15) is 0 Å². The Labute approximate surface area is 192 Å². The molecule has 0 saturated carbocycles. The van der Waals surface area contributed by atoms with Gasteiger partial charge in [0.15, 0.2) is 6.61 Å². The van der Waals surface area contributed by atoms with Crippen LogP contribution >= 0.6 is 31.9 Å². The van der Waals surface area contributed by atoms with Crippen molar-refractivity contribution >= 4 is 55.0 Å². The number of benzene rings is 3. The fourth-order valence-electron chi connectivity index (χ4n) is 2.90. The summed E-state index contributed by atoms with van der Waals surface area (Å²) in [6.45, 7) is 2.24. The third kappa shape index (κ3) is 5.49. The Balaban J connectivity index is 1.73. The van der Waals surface area contributed by atoms with Gasteiger partial charge < -0.3 is 15.0 Å². The number of halogens is 2. The van der Waals surface area contributed by atoms with Crippen molar-refractivity contribution in [3.63, 3.8) is 0 Å². The normalized spacial score (nSPS) is 10.4. The predicted molar refractivity (Wildman–Crippen MR) is 126 cm³/mol. The standard InChI is InChI=1S/C23H20Br2N2O3/c1-2-27(17-8-4-3-5-9-17)23(29)18-10-6-7-11-20(18)26-22(28)15-30-21-13-12-16(24)14-19(21)25/h3-14H,2,15H2,1H3,(H,26,28). The van der Waals surface area contributed by atoms with Crippen LogP contribution in [0.1, 0.15) is 17.3 Å². The molecule has 0 heterocycles. The number of ether oxygens (including phenoxy) is 1. The summed E-state index contributed by atoms with van der Waals surface area (Å²) in [5.74, 6) is 0.0166. The van der Waals surface area contributed by atoms with E-state index in [0.717, 1.165) is 14.6 Å². The minimum Gasteiger partial charge on any atom is -0.483 e. The Morgan fingerprint density at radius 2 is 1.67 bits per heavy atom. The molecule has 0 saturated heterocycles. The van der Waals surface area contributed by atoms with E-state index in [0.29, 0.717) is 23.5 Å². The summed E-state index contributed by atoms with van der Waals surface area (Å²) in [6, 6.07) is 21.8. The first-order valence-electron chi connectivity index (χ1n) is 9.33. The first-order valence-corrected chi connectivity index (χ1v) is 10.9. The maximum atomic E-state index is 13.2. The van der Waals surface area contributed by atoms with E-state index in [1.54, 1.807) is 35.2 Å². The molecule has 3 rings (SSSR count). The van der Waals surface area contributed by atoms with Crippen LogP contribution in [0.3, 0.4) is 0 Å². The summed E-state index contributed by atoms with van der Waals surface area (Å²) in [6.07, 6.45) is 0. The number of nitrogens with zero attached hydrogens (tertiary/aromatic N) is 1. The van der Waals surface area contributed by atoms with Crippen LogP contribution in [0.5, 0.6) is 5.75 Å². The van der Waals surface area contributed by atoms with Gasteiger partial charge in [0.1, 0.15) is 5.75 Å². The number of carbonyl (C=O) groups excluding carboxylic acids is 2. The highest BCUT2D eigenvalue weighted by Crippen LogP contribution is 2.28. The molecule has 0 aromatic heterocycles. The van der Waals surface area contributed by atoms with E-state index in [1.165, 1.54) is 0 Å². The maximum Gasteiger partial charge on any atom is 0.262 e. The lowest BCUT2D eigenvalue weighted by Crippen LogP contribution is -2.32. The Kier molecular flexibility index (Phi) is 7.65. The highest BCUT2D eigenvalue weighted by molar-refractivity contribution is 9.11. The monoisotopic (exact) mass is 530 g/mol. The van der Waals surface area contributed by atoms with Crippen molar-refractivity contribution in [2.75, 3.05) is 23.4 Å². The summed E-state index contributed by atoms with van der Waals surface area (Å²) in [4.78, 5) is 27.3. The van der Waals surface area contributed by atoms with Crippen molar-refractivity contribution in [2.24, 2.45) is 0 Å². The summed E-state index contributed by atoms with van der Waals surface area (Å²) in [7, 11) is 0. The molecule has 0 unspecified atom stereocenters. The van der Waals surface area contributed by atoms with E-state index in [4.69, 9.17) is 4.74 Å². The molecule has 0 radical (unpaired) electrons. The Morgan fingerprint density at radius 1 is 0.967 bits per heavy atom. The van der Waals surface area contributed by atoms with Gasteiger partial charge in [0.25, 0.3) is 11.8 Å². The number of hydrogen-bond acceptors (Lipinski definition) is 3. The largest absolute Gasteiger partial charge is 0.483 e. The second-order valence-electron chi connectivity index (χ2n) is 6.34. The molecule has 3 aromatic carbocycles. The van der Waals surface area contributed by atoms with Crippen LogP contribution in [-0.2, 0) is 4.79 Å². The molecule has 1 N–H and O–H groups in total. The van der Waals surface area contributed by atoms with Gasteiger partial charge in [-0.25, -0.2) is 0 Å². The van der Waals surface area contributed by atoms with Crippen LogP contribution in [0, 0.1) is 0 Å². The number of hydrogen-bond donors (Lipinski definition) is 1. The van der Waals surface area contributed by atoms with Crippen LogP contribution < -0.4 is 15.0 Å². The fourth-order valence-corrected chi connectivity index (χ4v) is 4.06. The molecule has 154 valence electrons. The van der Waals surface area contributed by atoms with Gasteiger partial charge in [-0.3, -0.25) is 9.59 Å². The molecule has 0 bridgehead atoms. The highest BCUT2D eigenvalue weighted by Gasteiger charge is 2.20.